The molecule has 0 radical (unpaired) electrons. The first-order valence-electron chi connectivity index (χ1n) is 11.0. The zero-order valence-electron chi connectivity index (χ0n) is 18.7. The van der Waals surface area contributed by atoms with Gasteiger partial charge >= 0.3 is 0 Å². The lowest BCUT2D eigenvalue weighted by atomic mass is 10.1. The van der Waals surface area contributed by atoms with Crippen LogP contribution in [0.15, 0.2) is 101 Å². The highest BCUT2D eigenvalue weighted by Gasteiger charge is 2.02. The molecule has 7 heteroatoms. The molecule has 0 fully saturated rings. The zero-order chi connectivity index (χ0) is 22.9. The maximum atomic E-state index is 11.9. The number of nitrogens with zero attached hydrogens (tertiary/aromatic N) is 4. The summed E-state index contributed by atoms with van der Waals surface area (Å²) >= 11 is 0. The third kappa shape index (κ3) is 6.20. The van der Waals surface area contributed by atoms with Crippen molar-refractivity contribution in [3.63, 3.8) is 0 Å². The summed E-state index contributed by atoms with van der Waals surface area (Å²) in [5.41, 5.74) is 4.55. The second-order valence-corrected chi connectivity index (χ2v) is 7.70. The molecule has 0 amide bonds. The van der Waals surface area contributed by atoms with E-state index in [-0.39, 0.29) is 5.56 Å². The fourth-order valence-corrected chi connectivity index (χ4v) is 3.52. The number of aromatic nitrogens is 3. The molecule has 2 aromatic heterocycles. The lowest BCUT2D eigenvalue weighted by Gasteiger charge is -2.13. The predicted octanol–water partition coefficient (Wildman–Crippen LogP) is 2.99. The molecule has 7 nitrogen and oxygen atoms in total. The van der Waals surface area contributed by atoms with Crippen LogP contribution in [0.5, 0.6) is 0 Å². The van der Waals surface area contributed by atoms with Gasteiger partial charge in [0.25, 0.3) is 5.56 Å². The van der Waals surface area contributed by atoms with E-state index >= 15 is 0 Å². The Kier molecular flexibility index (Phi) is 7.33. The Morgan fingerprint density at radius 2 is 1.64 bits per heavy atom. The molecule has 2 heterocycles. The van der Waals surface area contributed by atoms with E-state index in [4.69, 9.17) is 0 Å². The topological polar surface area (TPSA) is 76.2 Å². The van der Waals surface area contributed by atoms with Crippen molar-refractivity contribution in [3.8, 4) is 5.69 Å². The fraction of sp³-hybridized carbons (Fsp3) is 0.192. The number of hydrogen-bond donors (Lipinski definition) is 2. The van der Waals surface area contributed by atoms with Gasteiger partial charge in [-0.3, -0.25) is 9.79 Å². The lowest BCUT2D eigenvalue weighted by Crippen LogP contribution is -2.37. The van der Waals surface area contributed by atoms with Gasteiger partial charge in [-0.25, -0.2) is 4.68 Å². The number of pyridine rings is 1. The molecule has 168 valence electrons. The van der Waals surface area contributed by atoms with E-state index in [0.717, 1.165) is 35.7 Å². The minimum atomic E-state index is 0.00645. The first-order chi connectivity index (χ1) is 16.2. The molecule has 0 bridgehead atoms. The number of hydrogen-bond acceptors (Lipinski definition) is 3. The van der Waals surface area contributed by atoms with Gasteiger partial charge in [0.2, 0.25) is 0 Å². The molecule has 0 spiro atoms. The summed E-state index contributed by atoms with van der Waals surface area (Å²) in [7, 11) is 1.77. The van der Waals surface area contributed by atoms with E-state index in [9.17, 15) is 4.79 Å². The average molecular weight is 441 g/mol. The number of aliphatic imine (C=N–C) groups is 1. The van der Waals surface area contributed by atoms with Crippen LogP contribution in [0.2, 0.25) is 0 Å². The SMILES string of the molecule is CN=C(NCCc1ccc(-n2cccn2)cc1)NCc1ccc(Cn2ccccc2=O)cc1. The molecular formula is C26H28N6O. The molecule has 0 saturated carbocycles. The standard InChI is InChI=1S/C26H28N6O/c1-27-26(28-16-14-21-10-12-24(13-11-21)32-18-4-15-30-32)29-19-22-6-8-23(9-7-22)20-31-17-3-2-5-25(31)33/h2-13,15,17-18H,14,16,19-20H2,1H3,(H2,27,28,29). The monoisotopic (exact) mass is 440 g/mol. The van der Waals surface area contributed by atoms with Crippen LogP contribution in [0.1, 0.15) is 16.7 Å². The summed E-state index contributed by atoms with van der Waals surface area (Å²) in [6, 6.07) is 23.8. The second kappa shape index (κ2) is 10.9. The minimum absolute atomic E-state index is 0.00645. The molecule has 33 heavy (non-hydrogen) atoms. The molecule has 4 rings (SSSR count). The van der Waals surface area contributed by atoms with Gasteiger partial charge in [0.05, 0.1) is 12.2 Å². The lowest BCUT2D eigenvalue weighted by molar-refractivity contribution is 0.758. The molecule has 0 aliphatic rings. The van der Waals surface area contributed by atoms with Crippen molar-refractivity contribution in [2.75, 3.05) is 13.6 Å². The predicted molar refractivity (Wildman–Crippen MR) is 132 cm³/mol. The van der Waals surface area contributed by atoms with Gasteiger partial charge in [-0.05, 0) is 47.4 Å². The highest BCUT2D eigenvalue weighted by atomic mass is 16.1. The Balaban J connectivity index is 1.22. The Labute approximate surface area is 193 Å². The van der Waals surface area contributed by atoms with Gasteiger partial charge in [0.15, 0.2) is 5.96 Å². The molecule has 0 saturated heterocycles. The number of rotatable bonds is 8. The van der Waals surface area contributed by atoms with Crippen molar-refractivity contribution < 1.29 is 0 Å². The molecule has 0 aliphatic heterocycles. The second-order valence-electron chi connectivity index (χ2n) is 7.70. The molecule has 4 aromatic rings. The third-order valence-electron chi connectivity index (χ3n) is 5.37. The largest absolute Gasteiger partial charge is 0.356 e. The third-order valence-corrected chi connectivity index (χ3v) is 5.37. The van der Waals surface area contributed by atoms with Gasteiger partial charge in [-0.15, -0.1) is 0 Å². The molecule has 0 aliphatic carbocycles. The van der Waals surface area contributed by atoms with Crippen molar-refractivity contribution in [1.29, 1.82) is 0 Å². The van der Waals surface area contributed by atoms with Crippen LogP contribution in [0, 0.1) is 0 Å². The first-order valence-corrected chi connectivity index (χ1v) is 11.0. The highest BCUT2D eigenvalue weighted by Crippen LogP contribution is 2.09. The Morgan fingerprint density at radius 1 is 0.879 bits per heavy atom. The molecule has 0 atom stereocenters. The fourth-order valence-electron chi connectivity index (χ4n) is 3.52. The van der Waals surface area contributed by atoms with E-state index in [1.54, 1.807) is 36.1 Å². The van der Waals surface area contributed by atoms with Gasteiger partial charge in [0, 0.05) is 44.8 Å². The summed E-state index contributed by atoms with van der Waals surface area (Å²) in [5.74, 6) is 0.767. The van der Waals surface area contributed by atoms with Crippen LogP contribution < -0.4 is 16.2 Å². The summed E-state index contributed by atoms with van der Waals surface area (Å²) in [6.45, 7) is 2.02. The summed E-state index contributed by atoms with van der Waals surface area (Å²) in [6.07, 6.45) is 6.41. The van der Waals surface area contributed by atoms with Gasteiger partial charge in [0.1, 0.15) is 0 Å². The van der Waals surface area contributed by atoms with Crippen LogP contribution in [0.4, 0.5) is 0 Å². The quantitative estimate of drug-likeness (QED) is 0.326. The Bertz CT molecular complexity index is 1230. The van der Waals surface area contributed by atoms with E-state index < -0.39 is 0 Å². The number of nitrogens with one attached hydrogen (secondary N) is 2. The summed E-state index contributed by atoms with van der Waals surface area (Å²) < 4.78 is 3.55. The Hall–Kier alpha value is -4.13. The zero-order valence-corrected chi connectivity index (χ0v) is 18.7. The normalized spacial score (nSPS) is 11.4. The average Bonchev–Trinajstić information content (AvgIpc) is 3.39. The van der Waals surface area contributed by atoms with E-state index in [0.29, 0.717) is 13.1 Å². The number of guanidine groups is 1. The van der Waals surface area contributed by atoms with Crippen LogP contribution in [-0.4, -0.2) is 33.9 Å². The minimum Gasteiger partial charge on any atom is -0.356 e. The summed E-state index contributed by atoms with van der Waals surface area (Å²) in [4.78, 5) is 16.2. The van der Waals surface area contributed by atoms with Crippen molar-refractivity contribution in [2.24, 2.45) is 4.99 Å². The maximum Gasteiger partial charge on any atom is 0.250 e. The van der Waals surface area contributed by atoms with Crippen molar-refractivity contribution in [1.82, 2.24) is 25.0 Å². The van der Waals surface area contributed by atoms with Gasteiger partial charge < -0.3 is 15.2 Å². The van der Waals surface area contributed by atoms with E-state index in [1.807, 2.05) is 23.0 Å². The highest BCUT2D eigenvalue weighted by molar-refractivity contribution is 5.79. The molecule has 0 unspecified atom stereocenters. The Morgan fingerprint density at radius 3 is 2.33 bits per heavy atom. The molecule has 2 aromatic carbocycles. The molecule has 2 N–H and O–H groups in total. The van der Waals surface area contributed by atoms with E-state index in [2.05, 4.69) is 69.3 Å². The van der Waals surface area contributed by atoms with Crippen LogP contribution in [0.25, 0.3) is 5.69 Å². The van der Waals surface area contributed by atoms with Crippen LogP contribution >= 0.6 is 0 Å². The van der Waals surface area contributed by atoms with Crippen molar-refractivity contribution in [2.45, 2.75) is 19.5 Å². The van der Waals surface area contributed by atoms with Gasteiger partial charge in [-0.1, -0.05) is 42.5 Å². The molecular weight excluding hydrogens is 412 g/mol. The van der Waals surface area contributed by atoms with Gasteiger partial charge in [-0.2, -0.15) is 5.10 Å². The first kappa shape index (κ1) is 22.1. The maximum absolute atomic E-state index is 11.9. The summed E-state index contributed by atoms with van der Waals surface area (Å²) in [5, 5.41) is 11.0. The van der Waals surface area contributed by atoms with Crippen LogP contribution in [-0.2, 0) is 19.5 Å². The van der Waals surface area contributed by atoms with Crippen molar-refractivity contribution in [3.05, 3.63) is 118 Å². The van der Waals surface area contributed by atoms with E-state index in [1.165, 1.54) is 5.56 Å². The van der Waals surface area contributed by atoms with Crippen LogP contribution in [0.3, 0.4) is 0 Å². The van der Waals surface area contributed by atoms with Crippen molar-refractivity contribution >= 4 is 5.96 Å². The number of benzene rings is 2. The smallest absolute Gasteiger partial charge is 0.250 e.